The molecule has 0 amide bonds. The molecule has 0 aromatic carbocycles. The van der Waals surface area contributed by atoms with E-state index in [9.17, 15) is 0 Å². The lowest BCUT2D eigenvalue weighted by molar-refractivity contribution is -0.260. The summed E-state index contributed by atoms with van der Waals surface area (Å²) in [7, 11) is 0. The first-order chi connectivity index (χ1) is 7.24. The van der Waals surface area contributed by atoms with Crippen LogP contribution >= 0.6 is 0 Å². The molecule has 0 aromatic heterocycles. The minimum absolute atomic E-state index is 0.477. The molecule has 0 aromatic rings. The summed E-state index contributed by atoms with van der Waals surface area (Å²) >= 11 is 0. The fraction of sp³-hybridized carbons (Fsp3) is 1.00. The lowest BCUT2D eigenvalue weighted by Gasteiger charge is -2.32. The van der Waals surface area contributed by atoms with Gasteiger partial charge in [-0.15, -0.1) is 0 Å². The first-order valence-electron chi connectivity index (χ1n) is 5.80. The van der Waals surface area contributed by atoms with Crippen molar-refractivity contribution in [2.75, 3.05) is 33.0 Å². The minimum atomic E-state index is -0.598. The molecule has 15 heavy (non-hydrogen) atoms. The molecule has 4 nitrogen and oxygen atoms in total. The van der Waals surface area contributed by atoms with Crippen LogP contribution < -0.4 is 5.73 Å². The molecule has 0 atom stereocenters. The minimum Gasteiger partial charge on any atom is -0.376 e. The molecule has 4 heteroatoms. The average molecular weight is 219 g/mol. The van der Waals surface area contributed by atoms with E-state index in [1.165, 1.54) is 0 Å². The molecule has 0 aliphatic heterocycles. The van der Waals surface area contributed by atoms with Gasteiger partial charge >= 0.3 is 0 Å². The van der Waals surface area contributed by atoms with Crippen LogP contribution in [-0.4, -0.2) is 38.8 Å². The van der Waals surface area contributed by atoms with Crippen LogP contribution in [0.4, 0.5) is 0 Å². The summed E-state index contributed by atoms with van der Waals surface area (Å²) in [5, 5.41) is 0. The van der Waals surface area contributed by atoms with Gasteiger partial charge in [0.25, 0.3) is 0 Å². The molecule has 2 N–H and O–H groups in total. The highest BCUT2D eigenvalue weighted by atomic mass is 16.7. The van der Waals surface area contributed by atoms with Crippen LogP contribution in [0.5, 0.6) is 0 Å². The van der Waals surface area contributed by atoms with Gasteiger partial charge in [0.05, 0.1) is 0 Å². The third kappa shape index (κ3) is 6.10. The van der Waals surface area contributed by atoms with Gasteiger partial charge in [-0.2, -0.15) is 0 Å². The largest absolute Gasteiger partial charge is 0.376 e. The Labute approximate surface area is 93.1 Å². The smallest absolute Gasteiger partial charge is 0.191 e. The van der Waals surface area contributed by atoms with E-state index in [-0.39, 0.29) is 0 Å². The van der Waals surface area contributed by atoms with E-state index >= 15 is 0 Å². The van der Waals surface area contributed by atoms with Crippen molar-refractivity contribution in [1.29, 1.82) is 0 Å². The second-order valence-corrected chi connectivity index (χ2v) is 3.31. The molecule has 0 aliphatic rings. The van der Waals surface area contributed by atoms with Gasteiger partial charge in [0.1, 0.15) is 6.61 Å². The third-order valence-electron chi connectivity index (χ3n) is 2.10. The highest BCUT2D eigenvalue weighted by Crippen LogP contribution is 2.20. The zero-order valence-corrected chi connectivity index (χ0v) is 10.3. The second kappa shape index (κ2) is 9.09. The molecule has 0 radical (unpaired) electrons. The summed E-state index contributed by atoms with van der Waals surface area (Å²) in [5.41, 5.74) is 5.50. The predicted molar refractivity (Wildman–Crippen MR) is 60.8 cm³/mol. The van der Waals surface area contributed by atoms with Crippen LogP contribution in [0.15, 0.2) is 0 Å². The molecular formula is C11H25NO3. The normalized spacial score (nSPS) is 12.0. The molecule has 0 saturated heterocycles. The molecule has 92 valence electrons. The second-order valence-electron chi connectivity index (χ2n) is 3.31. The van der Waals surface area contributed by atoms with Crippen molar-refractivity contribution in [3.8, 4) is 0 Å². The van der Waals surface area contributed by atoms with E-state index < -0.39 is 5.79 Å². The van der Waals surface area contributed by atoms with Crippen LogP contribution in [-0.2, 0) is 14.2 Å². The summed E-state index contributed by atoms with van der Waals surface area (Å²) in [5.74, 6) is -0.598. The summed E-state index contributed by atoms with van der Waals surface area (Å²) < 4.78 is 16.8. The Morgan fingerprint density at radius 1 is 1.00 bits per heavy atom. The van der Waals surface area contributed by atoms with Crippen LogP contribution in [0.2, 0.25) is 0 Å². The highest BCUT2D eigenvalue weighted by Gasteiger charge is 2.30. The van der Waals surface area contributed by atoms with Crippen molar-refractivity contribution >= 4 is 0 Å². The molecule has 0 fully saturated rings. The number of nitrogens with two attached hydrogens (primary N) is 1. The van der Waals surface area contributed by atoms with E-state index in [2.05, 4.69) is 0 Å². The SMILES string of the molecule is CCOCC(CCCN)(OCC)OCC. The van der Waals surface area contributed by atoms with E-state index in [4.69, 9.17) is 19.9 Å². The van der Waals surface area contributed by atoms with E-state index in [1.54, 1.807) is 0 Å². The van der Waals surface area contributed by atoms with Crippen molar-refractivity contribution in [2.45, 2.75) is 39.4 Å². The third-order valence-corrected chi connectivity index (χ3v) is 2.10. The average Bonchev–Trinajstić information content (AvgIpc) is 2.24. The molecule has 0 rings (SSSR count). The molecule has 0 heterocycles. The molecule has 0 bridgehead atoms. The van der Waals surface area contributed by atoms with Crippen molar-refractivity contribution in [2.24, 2.45) is 5.73 Å². The predicted octanol–water partition coefficient (Wildman–Crippen LogP) is 1.53. The Balaban J connectivity index is 4.26. The lowest BCUT2D eigenvalue weighted by atomic mass is 10.1. The monoisotopic (exact) mass is 219 g/mol. The fourth-order valence-corrected chi connectivity index (χ4v) is 1.50. The molecule has 0 saturated carbocycles. The van der Waals surface area contributed by atoms with Gasteiger partial charge in [0.2, 0.25) is 0 Å². The van der Waals surface area contributed by atoms with Crippen molar-refractivity contribution < 1.29 is 14.2 Å². The van der Waals surface area contributed by atoms with E-state index in [0.717, 1.165) is 12.8 Å². The molecule has 0 unspecified atom stereocenters. The maximum absolute atomic E-state index is 5.67. The summed E-state index contributed by atoms with van der Waals surface area (Å²) in [4.78, 5) is 0. The van der Waals surface area contributed by atoms with Crippen molar-refractivity contribution in [3.05, 3.63) is 0 Å². The fourth-order valence-electron chi connectivity index (χ4n) is 1.50. The Hall–Kier alpha value is -0.160. The Morgan fingerprint density at radius 3 is 2.00 bits per heavy atom. The number of hydrogen-bond donors (Lipinski definition) is 1. The summed E-state index contributed by atoms with van der Waals surface area (Å²) in [6, 6.07) is 0. The maximum atomic E-state index is 5.67. The molecule has 0 aliphatic carbocycles. The van der Waals surface area contributed by atoms with Crippen LogP contribution in [0, 0.1) is 0 Å². The number of ether oxygens (including phenoxy) is 3. The van der Waals surface area contributed by atoms with Gasteiger partial charge in [-0.25, -0.2) is 0 Å². The Bertz CT molecular complexity index is 126. The van der Waals surface area contributed by atoms with Crippen molar-refractivity contribution in [3.63, 3.8) is 0 Å². The standard InChI is InChI=1S/C11H25NO3/c1-4-13-10-11(14-5-2,15-6-3)8-7-9-12/h4-10,12H2,1-3H3. The van der Waals surface area contributed by atoms with Gasteiger partial charge < -0.3 is 19.9 Å². The van der Waals surface area contributed by atoms with Gasteiger partial charge in [-0.05, 0) is 33.7 Å². The number of rotatable bonds is 10. The zero-order chi connectivity index (χ0) is 11.6. The van der Waals surface area contributed by atoms with Crippen LogP contribution in [0.25, 0.3) is 0 Å². The Kier molecular flexibility index (Phi) is 9.00. The highest BCUT2D eigenvalue weighted by molar-refractivity contribution is 4.70. The lowest BCUT2D eigenvalue weighted by Crippen LogP contribution is -2.41. The quantitative estimate of drug-likeness (QED) is 0.566. The van der Waals surface area contributed by atoms with E-state index in [0.29, 0.717) is 33.0 Å². The number of hydrogen-bond acceptors (Lipinski definition) is 4. The zero-order valence-electron chi connectivity index (χ0n) is 10.3. The van der Waals surface area contributed by atoms with Gasteiger partial charge in [0.15, 0.2) is 5.79 Å². The molecule has 0 spiro atoms. The Morgan fingerprint density at radius 2 is 1.60 bits per heavy atom. The van der Waals surface area contributed by atoms with Gasteiger partial charge in [-0.3, -0.25) is 0 Å². The first kappa shape index (κ1) is 14.8. The summed E-state index contributed by atoms with van der Waals surface area (Å²) in [6.07, 6.45) is 1.66. The topological polar surface area (TPSA) is 53.7 Å². The van der Waals surface area contributed by atoms with Crippen LogP contribution in [0.1, 0.15) is 33.6 Å². The van der Waals surface area contributed by atoms with Crippen molar-refractivity contribution in [1.82, 2.24) is 0 Å². The van der Waals surface area contributed by atoms with E-state index in [1.807, 2.05) is 20.8 Å². The molecular weight excluding hydrogens is 194 g/mol. The summed E-state index contributed by atoms with van der Waals surface area (Å²) in [6.45, 7) is 8.93. The van der Waals surface area contributed by atoms with Gasteiger partial charge in [0, 0.05) is 26.2 Å². The van der Waals surface area contributed by atoms with Gasteiger partial charge in [-0.1, -0.05) is 0 Å². The first-order valence-corrected chi connectivity index (χ1v) is 5.80. The maximum Gasteiger partial charge on any atom is 0.191 e. The van der Waals surface area contributed by atoms with Crippen LogP contribution in [0.3, 0.4) is 0 Å².